The Morgan fingerprint density at radius 2 is 1.50 bits per heavy atom. The van der Waals surface area contributed by atoms with Gasteiger partial charge in [-0.25, -0.2) is 4.57 Å². The van der Waals surface area contributed by atoms with Crippen LogP contribution in [0.3, 0.4) is 0 Å². The first-order valence-electron chi connectivity index (χ1n) is 10.1. The number of carboxylic acids is 1. The lowest BCUT2D eigenvalue weighted by Gasteiger charge is -2.21. The van der Waals surface area contributed by atoms with Crippen molar-refractivity contribution in [1.82, 2.24) is 5.32 Å². The van der Waals surface area contributed by atoms with Crippen LogP contribution in [0.2, 0.25) is 0 Å². The SMILES string of the molecule is CCCCCC(=O)OCC(CN[C@@H](COP(=O)(O)O)C(=O)O)OC(=O)CCCCC. The summed E-state index contributed by atoms with van der Waals surface area (Å²) in [5, 5.41) is 11.7. The van der Waals surface area contributed by atoms with Crippen molar-refractivity contribution < 1.29 is 47.8 Å². The van der Waals surface area contributed by atoms with Gasteiger partial charge in [0, 0.05) is 19.4 Å². The normalized spacial score (nSPS) is 13.5. The van der Waals surface area contributed by atoms with Crippen LogP contribution in [0.25, 0.3) is 0 Å². The van der Waals surface area contributed by atoms with E-state index in [1.54, 1.807) is 0 Å². The molecular formula is C18H34NO10P. The summed E-state index contributed by atoms with van der Waals surface area (Å²) < 4.78 is 25.4. The minimum atomic E-state index is -4.84. The van der Waals surface area contributed by atoms with Gasteiger partial charge >= 0.3 is 25.7 Å². The van der Waals surface area contributed by atoms with Gasteiger partial charge in [0.05, 0.1) is 6.61 Å². The Bertz CT molecular complexity index is 565. The summed E-state index contributed by atoms with van der Waals surface area (Å²) in [7, 11) is -4.84. The summed E-state index contributed by atoms with van der Waals surface area (Å²) >= 11 is 0. The molecule has 0 fully saturated rings. The molecule has 0 aliphatic heterocycles. The highest BCUT2D eigenvalue weighted by Crippen LogP contribution is 2.35. The van der Waals surface area contributed by atoms with E-state index in [0.29, 0.717) is 12.8 Å². The summed E-state index contributed by atoms with van der Waals surface area (Å²) in [4.78, 5) is 52.5. The van der Waals surface area contributed by atoms with Crippen LogP contribution in [0.5, 0.6) is 0 Å². The molecule has 0 heterocycles. The largest absolute Gasteiger partial charge is 0.480 e. The van der Waals surface area contributed by atoms with E-state index in [2.05, 4.69) is 9.84 Å². The Hall–Kier alpha value is -1.52. The molecule has 0 saturated heterocycles. The number of aliphatic carboxylic acids is 1. The predicted octanol–water partition coefficient (Wildman–Crippen LogP) is 1.75. The lowest BCUT2D eigenvalue weighted by atomic mass is 10.2. The van der Waals surface area contributed by atoms with E-state index in [0.717, 1.165) is 25.7 Å². The van der Waals surface area contributed by atoms with Gasteiger partial charge in [-0.15, -0.1) is 0 Å². The average Bonchev–Trinajstić information content (AvgIpc) is 2.65. The van der Waals surface area contributed by atoms with E-state index in [1.165, 1.54) is 0 Å². The van der Waals surface area contributed by atoms with Crippen LogP contribution in [-0.4, -0.2) is 64.7 Å². The van der Waals surface area contributed by atoms with Crippen molar-refractivity contribution in [3.63, 3.8) is 0 Å². The molecule has 0 rings (SSSR count). The summed E-state index contributed by atoms with van der Waals surface area (Å²) in [6.07, 6.45) is 4.38. The van der Waals surface area contributed by atoms with Gasteiger partial charge in [-0.2, -0.15) is 0 Å². The van der Waals surface area contributed by atoms with E-state index in [9.17, 15) is 18.9 Å². The van der Waals surface area contributed by atoms with Gasteiger partial charge < -0.3 is 24.4 Å². The zero-order valence-corrected chi connectivity index (χ0v) is 18.5. The lowest BCUT2D eigenvalue weighted by molar-refractivity contribution is -0.159. The average molecular weight is 455 g/mol. The number of phosphoric acid groups is 1. The van der Waals surface area contributed by atoms with E-state index < -0.39 is 44.5 Å². The Labute approximate surface area is 176 Å². The minimum absolute atomic E-state index is 0.179. The number of ether oxygens (including phenoxy) is 2. The molecular weight excluding hydrogens is 421 g/mol. The van der Waals surface area contributed by atoms with Gasteiger partial charge in [0.15, 0.2) is 0 Å². The second kappa shape index (κ2) is 16.2. The van der Waals surface area contributed by atoms with Crippen LogP contribution in [-0.2, 0) is 32.9 Å². The Balaban J connectivity index is 4.77. The third-order valence-corrected chi connectivity index (χ3v) is 4.48. The Morgan fingerprint density at radius 3 is 2.00 bits per heavy atom. The second-order valence-corrected chi connectivity index (χ2v) is 8.03. The summed E-state index contributed by atoms with van der Waals surface area (Å²) in [5.74, 6) is -2.36. The molecule has 1 unspecified atom stereocenters. The standard InChI is InChI=1S/C18H34NO10P/c1-3-5-7-9-16(20)27-12-14(29-17(21)10-8-6-4-2)11-19-15(18(22)23)13-28-30(24,25)26/h14-15,19H,3-13H2,1-2H3,(H,22,23)(H2,24,25,26)/t14?,15-/m0/s1. The molecule has 0 bridgehead atoms. The molecule has 176 valence electrons. The van der Waals surface area contributed by atoms with Crippen molar-refractivity contribution in [3.8, 4) is 0 Å². The number of phosphoric ester groups is 1. The number of carboxylic acid groups (broad SMARTS) is 1. The number of esters is 2. The molecule has 0 spiro atoms. The van der Waals surface area contributed by atoms with Gasteiger partial charge in [0.25, 0.3) is 0 Å². The summed E-state index contributed by atoms with van der Waals surface area (Å²) in [5.41, 5.74) is 0. The third kappa shape index (κ3) is 16.3. The smallest absolute Gasteiger partial charge is 0.469 e. The van der Waals surface area contributed by atoms with Crippen molar-refractivity contribution in [1.29, 1.82) is 0 Å². The van der Waals surface area contributed by atoms with Crippen LogP contribution in [0.1, 0.15) is 65.2 Å². The van der Waals surface area contributed by atoms with Crippen molar-refractivity contribution in [2.45, 2.75) is 77.4 Å². The zero-order valence-electron chi connectivity index (χ0n) is 17.6. The van der Waals surface area contributed by atoms with Gasteiger partial charge in [-0.1, -0.05) is 39.5 Å². The third-order valence-electron chi connectivity index (χ3n) is 4.00. The van der Waals surface area contributed by atoms with Crippen LogP contribution < -0.4 is 5.32 Å². The Kier molecular flexibility index (Phi) is 15.4. The first-order valence-corrected chi connectivity index (χ1v) is 11.6. The molecule has 0 radical (unpaired) electrons. The van der Waals surface area contributed by atoms with Crippen molar-refractivity contribution in [3.05, 3.63) is 0 Å². The maximum atomic E-state index is 12.0. The van der Waals surface area contributed by atoms with Crippen LogP contribution in [0.4, 0.5) is 0 Å². The molecule has 0 saturated carbocycles. The predicted molar refractivity (Wildman–Crippen MR) is 107 cm³/mol. The van der Waals surface area contributed by atoms with E-state index in [1.807, 2.05) is 13.8 Å². The minimum Gasteiger partial charge on any atom is -0.480 e. The fourth-order valence-corrected chi connectivity index (χ4v) is 2.68. The van der Waals surface area contributed by atoms with Gasteiger partial charge in [-0.05, 0) is 12.8 Å². The molecule has 0 aliphatic rings. The number of carbonyl (C=O) groups is 3. The van der Waals surface area contributed by atoms with Gasteiger partial charge in [-0.3, -0.25) is 24.2 Å². The maximum Gasteiger partial charge on any atom is 0.469 e. The van der Waals surface area contributed by atoms with Gasteiger partial charge in [0.1, 0.15) is 18.8 Å². The van der Waals surface area contributed by atoms with E-state index >= 15 is 0 Å². The Morgan fingerprint density at radius 1 is 0.933 bits per heavy atom. The highest BCUT2D eigenvalue weighted by atomic mass is 31.2. The highest BCUT2D eigenvalue weighted by Gasteiger charge is 2.25. The highest BCUT2D eigenvalue weighted by molar-refractivity contribution is 7.46. The molecule has 0 aromatic heterocycles. The van der Waals surface area contributed by atoms with Crippen molar-refractivity contribution in [2.24, 2.45) is 0 Å². The topological polar surface area (TPSA) is 169 Å². The molecule has 30 heavy (non-hydrogen) atoms. The first kappa shape index (κ1) is 28.5. The van der Waals surface area contributed by atoms with Crippen LogP contribution in [0, 0.1) is 0 Å². The number of unbranched alkanes of at least 4 members (excludes halogenated alkanes) is 4. The number of rotatable bonds is 18. The zero-order chi connectivity index (χ0) is 23.0. The number of hydrogen-bond donors (Lipinski definition) is 4. The van der Waals surface area contributed by atoms with Gasteiger partial charge in [0.2, 0.25) is 0 Å². The first-order chi connectivity index (χ1) is 14.1. The quantitative estimate of drug-likeness (QED) is 0.135. The van der Waals surface area contributed by atoms with Crippen LogP contribution in [0.15, 0.2) is 0 Å². The number of nitrogens with one attached hydrogen (secondary N) is 1. The number of hydrogen-bond acceptors (Lipinski definition) is 8. The summed E-state index contributed by atoms with van der Waals surface area (Å²) in [6, 6.07) is -1.46. The molecule has 0 aliphatic carbocycles. The molecule has 4 N–H and O–H groups in total. The molecule has 0 amide bonds. The molecule has 0 aromatic carbocycles. The fraction of sp³-hybridized carbons (Fsp3) is 0.833. The van der Waals surface area contributed by atoms with Crippen molar-refractivity contribution >= 4 is 25.7 Å². The maximum absolute atomic E-state index is 12.0. The fourth-order valence-electron chi connectivity index (χ4n) is 2.34. The lowest BCUT2D eigenvalue weighted by Crippen LogP contribution is -2.46. The number of carbonyl (C=O) groups excluding carboxylic acids is 2. The van der Waals surface area contributed by atoms with E-state index in [-0.39, 0.29) is 26.0 Å². The molecule has 12 heteroatoms. The molecule has 11 nitrogen and oxygen atoms in total. The second-order valence-electron chi connectivity index (χ2n) is 6.79. The molecule has 2 atom stereocenters. The van der Waals surface area contributed by atoms with Crippen molar-refractivity contribution in [2.75, 3.05) is 19.8 Å². The summed E-state index contributed by atoms with van der Waals surface area (Å²) in [6.45, 7) is 2.72. The van der Waals surface area contributed by atoms with Crippen LogP contribution >= 0.6 is 7.82 Å². The molecule has 0 aromatic rings. The van der Waals surface area contributed by atoms with E-state index in [4.69, 9.17) is 24.4 Å². The monoisotopic (exact) mass is 455 g/mol.